The van der Waals surface area contributed by atoms with Gasteiger partial charge in [0.25, 0.3) is 5.91 Å². The number of hydrogen-bond donors (Lipinski definition) is 1. The zero-order chi connectivity index (χ0) is 20.1. The molecule has 1 heterocycles. The molecule has 8 nitrogen and oxygen atoms in total. The van der Waals surface area contributed by atoms with Crippen LogP contribution >= 0.6 is 0 Å². The van der Waals surface area contributed by atoms with Crippen molar-refractivity contribution in [2.24, 2.45) is 0 Å². The van der Waals surface area contributed by atoms with E-state index in [1.165, 1.54) is 40.6 Å². The Bertz CT molecular complexity index is 952. The fourth-order valence-electron chi connectivity index (χ4n) is 2.92. The van der Waals surface area contributed by atoms with E-state index in [9.17, 15) is 18.0 Å². The topological polar surface area (TPSA) is 96.0 Å². The third-order valence-corrected chi connectivity index (χ3v) is 6.44. The molecule has 2 amide bonds. The molecule has 0 saturated carbocycles. The smallest absolute Gasteiger partial charge is 0.255 e. The number of ether oxygens (including phenoxy) is 1. The Morgan fingerprint density at radius 3 is 2.29 bits per heavy atom. The zero-order valence-electron chi connectivity index (χ0n) is 15.4. The molecule has 1 fully saturated rings. The maximum Gasteiger partial charge on any atom is 0.255 e. The van der Waals surface area contributed by atoms with Crippen LogP contribution in [0.15, 0.2) is 53.4 Å². The number of para-hydroxylation sites is 2. The first kappa shape index (κ1) is 19.8. The Morgan fingerprint density at radius 2 is 1.68 bits per heavy atom. The lowest BCUT2D eigenvalue weighted by Gasteiger charge is -2.31. The number of hydrogen-bond acceptors (Lipinski definition) is 5. The van der Waals surface area contributed by atoms with Gasteiger partial charge in [-0.3, -0.25) is 9.59 Å². The van der Waals surface area contributed by atoms with E-state index in [4.69, 9.17) is 4.74 Å². The van der Waals surface area contributed by atoms with Gasteiger partial charge in [0.15, 0.2) is 0 Å². The third kappa shape index (κ3) is 4.15. The largest absolute Gasteiger partial charge is 0.495 e. The predicted molar refractivity (Wildman–Crippen MR) is 104 cm³/mol. The van der Waals surface area contributed by atoms with Crippen LogP contribution in [0.4, 0.5) is 5.69 Å². The van der Waals surface area contributed by atoms with Crippen molar-refractivity contribution in [1.29, 1.82) is 0 Å². The maximum absolute atomic E-state index is 12.7. The van der Waals surface area contributed by atoms with Gasteiger partial charge in [-0.25, -0.2) is 8.42 Å². The van der Waals surface area contributed by atoms with E-state index in [2.05, 4.69) is 5.32 Å². The van der Waals surface area contributed by atoms with E-state index in [0.29, 0.717) is 30.1 Å². The highest BCUT2D eigenvalue weighted by atomic mass is 32.2. The maximum atomic E-state index is 12.7. The van der Waals surface area contributed by atoms with Gasteiger partial charge in [0, 0.05) is 31.7 Å². The van der Waals surface area contributed by atoms with Crippen molar-refractivity contribution in [3.05, 3.63) is 54.1 Å². The first-order valence-electron chi connectivity index (χ1n) is 8.69. The highest BCUT2D eigenvalue weighted by Crippen LogP contribution is 2.24. The molecule has 1 saturated heterocycles. The Balaban J connectivity index is 1.72. The van der Waals surface area contributed by atoms with Gasteiger partial charge in [-0.05, 0) is 36.4 Å². The molecule has 0 unspecified atom stereocenters. The summed E-state index contributed by atoms with van der Waals surface area (Å²) in [7, 11) is -2.15. The minimum atomic E-state index is -3.67. The molecule has 2 aromatic carbocycles. The number of rotatable bonds is 6. The highest BCUT2D eigenvalue weighted by Gasteiger charge is 2.28. The quantitative estimate of drug-likeness (QED) is 0.736. The molecule has 3 rings (SSSR count). The fraction of sp³-hybridized carbons (Fsp3) is 0.263. The second kappa shape index (κ2) is 8.41. The summed E-state index contributed by atoms with van der Waals surface area (Å²) in [4.78, 5) is 24.9. The summed E-state index contributed by atoms with van der Waals surface area (Å²) in [5, 5.41) is 2.75. The molecule has 1 N–H and O–H groups in total. The normalized spacial score (nSPS) is 15.1. The minimum Gasteiger partial charge on any atom is -0.495 e. The summed E-state index contributed by atoms with van der Waals surface area (Å²) >= 11 is 0. The summed E-state index contributed by atoms with van der Waals surface area (Å²) in [5.74, 6) is 0.164. The molecule has 0 spiro atoms. The second-order valence-electron chi connectivity index (χ2n) is 6.22. The van der Waals surface area contributed by atoms with Gasteiger partial charge in [-0.1, -0.05) is 12.1 Å². The summed E-state index contributed by atoms with van der Waals surface area (Å²) in [6.07, 6.45) is 0.721. The minimum absolute atomic E-state index is 0.112. The van der Waals surface area contributed by atoms with E-state index in [0.717, 1.165) is 6.41 Å². The lowest BCUT2D eigenvalue weighted by Crippen LogP contribution is -2.47. The average molecular weight is 403 g/mol. The van der Waals surface area contributed by atoms with Gasteiger partial charge in [-0.15, -0.1) is 0 Å². The standard InChI is InChI=1S/C19H21N3O5S/c1-27-18-5-3-2-4-17(18)20-19(24)15-6-8-16(9-7-15)28(25,26)22-12-10-21(14-23)11-13-22/h2-9,14H,10-13H2,1H3,(H,20,24). The van der Waals surface area contributed by atoms with Crippen molar-refractivity contribution in [3.63, 3.8) is 0 Å². The van der Waals surface area contributed by atoms with Crippen LogP contribution in [0.1, 0.15) is 10.4 Å². The number of benzene rings is 2. The van der Waals surface area contributed by atoms with Crippen LogP contribution in [0.2, 0.25) is 0 Å². The van der Waals surface area contributed by atoms with Gasteiger partial charge in [0.1, 0.15) is 5.75 Å². The molecular weight excluding hydrogens is 382 g/mol. The molecule has 0 radical (unpaired) electrons. The van der Waals surface area contributed by atoms with Crippen molar-refractivity contribution in [3.8, 4) is 5.75 Å². The molecule has 0 aliphatic carbocycles. The molecule has 148 valence electrons. The summed E-state index contributed by atoms with van der Waals surface area (Å²) in [5.41, 5.74) is 0.857. The number of methoxy groups -OCH3 is 1. The number of piperazine rings is 1. The van der Waals surface area contributed by atoms with E-state index < -0.39 is 10.0 Å². The van der Waals surface area contributed by atoms with Gasteiger partial charge in [-0.2, -0.15) is 4.31 Å². The van der Waals surface area contributed by atoms with Crippen LogP contribution in [-0.4, -0.2) is 63.2 Å². The molecule has 2 aromatic rings. The van der Waals surface area contributed by atoms with Crippen LogP contribution in [-0.2, 0) is 14.8 Å². The van der Waals surface area contributed by atoms with Crippen molar-refractivity contribution in [1.82, 2.24) is 9.21 Å². The number of anilines is 1. The molecule has 1 aliphatic rings. The molecule has 1 aliphatic heterocycles. The van der Waals surface area contributed by atoms with Crippen molar-refractivity contribution in [2.75, 3.05) is 38.6 Å². The van der Waals surface area contributed by atoms with E-state index in [1.54, 1.807) is 24.3 Å². The van der Waals surface area contributed by atoms with Crippen LogP contribution in [0.5, 0.6) is 5.75 Å². The van der Waals surface area contributed by atoms with Crippen LogP contribution in [0.3, 0.4) is 0 Å². The number of nitrogens with zero attached hydrogens (tertiary/aromatic N) is 2. The van der Waals surface area contributed by atoms with Crippen LogP contribution in [0, 0.1) is 0 Å². The van der Waals surface area contributed by atoms with Gasteiger partial charge in [0.05, 0.1) is 17.7 Å². The molecule has 0 atom stereocenters. The monoisotopic (exact) mass is 403 g/mol. The first-order valence-corrected chi connectivity index (χ1v) is 10.1. The highest BCUT2D eigenvalue weighted by molar-refractivity contribution is 7.89. The number of sulfonamides is 1. The van der Waals surface area contributed by atoms with Crippen LogP contribution < -0.4 is 10.1 Å². The van der Waals surface area contributed by atoms with Crippen molar-refractivity contribution < 1.29 is 22.7 Å². The Kier molecular flexibility index (Phi) is 5.96. The van der Waals surface area contributed by atoms with E-state index in [-0.39, 0.29) is 23.9 Å². The molecule has 0 aromatic heterocycles. The van der Waals surface area contributed by atoms with Crippen molar-refractivity contribution in [2.45, 2.75) is 4.90 Å². The Hall–Kier alpha value is -2.91. The predicted octanol–water partition coefficient (Wildman–Crippen LogP) is 1.41. The van der Waals surface area contributed by atoms with Gasteiger partial charge < -0.3 is 15.0 Å². The summed E-state index contributed by atoms with van der Waals surface area (Å²) in [6.45, 7) is 1.22. The van der Waals surface area contributed by atoms with E-state index >= 15 is 0 Å². The second-order valence-corrected chi connectivity index (χ2v) is 8.16. The third-order valence-electron chi connectivity index (χ3n) is 4.53. The first-order chi connectivity index (χ1) is 13.5. The molecule has 28 heavy (non-hydrogen) atoms. The lowest BCUT2D eigenvalue weighted by molar-refractivity contribution is -0.119. The molecule has 9 heteroatoms. The van der Waals surface area contributed by atoms with E-state index in [1.807, 2.05) is 0 Å². The molecule has 0 bridgehead atoms. The average Bonchev–Trinajstić information content (AvgIpc) is 2.74. The Morgan fingerprint density at radius 1 is 1.04 bits per heavy atom. The fourth-order valence-corrected chi connectivity index (χ4v) is 4.34. The van der Waals surface area contributed by atoms with Crippen molar-refractivity contribution >= 4 is 28.0 Å². The summed E-state index contributed by atoms with van der Waals surface area (Å²) in [6, 6.07) is 12.8. The summed E-state index contributed by atoms with van der Waals surface area (Å²) < 4.78 is 32.0. The number of carbonyl (C=O) groups excluding carboxylic acids is 2. The molecular formula is C19H21N3O5S. The SMILES string of the molecule is COc1ccccc1NC(=O)c1ccc(S(=O)(=O)N2CCN(C=O)CC2)cc1. The Labute approximate surface area is 163 Å². The van der Waals surface area contributed by atoms with Crippen LogP contribution in [0.25, 0.3) is 0 Å². The van der Waals surface area contributed by atoms with Gasteiger partial charge in [0.2, 0.25) is 16.4 Å². The lowest BCUT2D eigenvalue weighted by atomic mass is 10.2. The number of amides is 2. The number of carbonyl (C=O) groups is 2. The zero-order valence-corrected chi connectivity index (χ0v) is 16.2. The van der Waals surface area contributed by atoms with Gasteiger partial charge >= 0.3 is 0 Å². The number of nitrogens with one attached hydrogen (secondary N) is 1.